The highest BCUT2D eigenvalue weighted by atomic mass is 15.1. The molecule has 18 heavy (non-hydrogen) atoms. The Morgan fingerprint density at radius 2 is 1.94 bits per heavy atom. The van der Waals surface area contributed by atoms with Crippen molar-refractivity contribution in [2.24, 2.45) is 0 Å². The quantitative estimate of drug-likeness (QED) is 0.893. The lowest BCUT2D eigenvalue weighted by Gasteiger charge is -2.06. The lowest BCUT2D eigenvalue weighted by molar-refractivity contribution is 1.08. The van der Waals surface area contributed by atoms with Gasteiger partial charge in [0.1, 0.15) is 11.8 Å². The summed E-state index contributed by atoms with van der Waals surface area (Å²) in [6, 6.07) is 11.8. The summed E-state index contributed by atoms with van der Waals surface area (Å²) in [5.74, 6) is 0.454. The Morgan fingerprint density at radius 3 is 2.56 bits per heavy atom. The standard InChI is InChI=1S/C14H14N4/c1-3-11-4-6-12(7-5-11)17-14-16-10(2)8-13(9-15)18-14/h4-8H,3H2,1-2H3,(H,16,17,18). The Kier molecular flexibility index (Phi) is 3.54. The number of nitriles is 1. The van der Waals surface area contributed by atoms with E-state index in [2.05, 4.69) is 34.3 Å². The van der Waals surface area contributed by atoms with Crippen LogP contribution < -0.4 is 5.32 Å². The average Bonchev–Trinajstić information content (AvgIpc) is 2.39. The van der Waals surface area contributed by atoms with E-state index >= 15 is 0 Å². The topological polar surface area (TPSA) is 61.6 Å². The molecule has 0 aliphatic rings. The van der Waals surface area contributed by atoms with Crippen molar-refractivity contribution in [1.82, 2.24) is 9.97 Å². The molecule has 0 radical (unpaired) electrons. The molecule has 0 saturated heterocycles. The number of hydrogen-bond acceptors (Lipinski definition) is 4. The fourth-order valence-corrected chi connectivity index (χ4v) is 1.63. The Hall–Kier alpha value is -2.41. The molecule has 4 nitrogen and oxygen atoms in total. The third-order valence-corrected chi connectivity index (χ3v) is 2.59. The lowest BCUT2D eigenvalue weighted by atomic mass is 10.1. The predicted octanol–water partition coefficient (Wildman–Crippen LogP) is 2.96. The maximum atomic E-state index is 8.85. The van der Waals surface area contributed by atoms with E-state index in [9.17, 15) is 0 Å². The van der Waals surface area contributed by atoms with Crippen LogP contribution in [-0.2, 0) is 6.42 Å². The van der Waals surface area contributed by atoms with Crippen LogP contribution >= 0.6 is 0 Å². The van der Waals surface area contributed by atoms with Gasteiger partial charge >= 0.3 is 0 Å². The minimum absolute atomic E-state index is 0.371. The molecule has 0 fully saturated rings. The van der Waals surface area contributed by atoms with Crippen molar-refractivity contribution in [2.75, 3.05) is 5.32 Å². The SMILES string of the molecule is CCc1ccc(Nc2nc(C)cc(C#N)n2)cc1. The smallest absolute Gasteiger partial charge is 0.228 e. The number of nitrogens with zero attached hydrogens (tertiary/aromatic N) is 3. The number of aryl methyl sites for hydroxylation is 2. The minimum Gasteiger partial charge on any atom is -0.324 e. The van der Waals surface area contributed by atoms with Crippen molar-refractivity contribution in [3.8, 4) is 6.07 Å². The summed E-state index contributed by atoms with van der Waals surface area (Å²) in [5.41, 5.74) is 3.34. The molecule has 0 aliphatic carbocycles. The second-order valence-corrected chi connectivity index (χ2v) is 4.01. The fraction of sp³-hybridized carbons (Fsp3) is 0.214. The van der Waals surface area contributed by atoms with Gasteiger partial charge in [-0.1, -0.05) is 19.1 Å². The van der Waals surface area contributed by atoms with Gasteiger partial charge in [-0.05, 0) is 37.1 Å². The van der Waals surface area contributed by atoms with Gasteiger partial charge in [0.15, 0.2) is 0 Å². The molecule has 0 unspecified atom stereocenters. The molecule has 2 rings (SSSR count). The second kappa shape index (κ2) is 5.28. The van der Waals surface area contributed by atoms with E-state index in [1.807, 2.05) is 25.1 Å². The van der Waals surface area contributed by atoms with Crippen molar-refractivity contribution < 1.29 is 0 Å². The average molecular weight is 238 g/mol. The summed E-state index contributed by atoms with van der Waals surface area (Å²) in [7, 11) is 0. The van der Waals surface area contributed by atoms with Crippen LogP contribution in [0.25, 0.3) is 0 Å². The summed E-state index contributed by atoms with van der Waals surface area (Å²) < 4.78 is 0. The molecular formula is C14H14N4. The van der Waals surface area contributed by atoms with Crippen LogP contribution in [0.5, 0.6) is 0 Å². The summed E-state index contributed by atoms with van der Waals surface area (Å²) in [5, 5.41) is 12.0. The summed E-state index contributed by atoms with van der Waals surface area (Å²) in [4.78, 5) is 8.35. The van der Waals surface area contributed by atoms with E-state index in [0.29, 0.717) is 11.6 Å². The van der Waals surface area contributed by atoms with E-state index in [1.54, 1.807) is 6.07 Å². The van der Waals surface area contributed by atoms with Crippen LogP contribution in [0.3, 0.4) is 0 Å². The van der Waals surface area contributed by atoms with Crippen LogP contribution in [0.4, 0.5) is 11.6 Å². The number of rotatable bonds is 3. The van der Waals surface area contributed by atoms with E-state index in [4.69, 9.17) is 5.26 Å². The zero-order valence-corrected chi connectivity index (χ0v) is 10.4. The lowest BCUT2D eigenvalue weighted by Crippen LogP contribution is -2.00. The highest BCUT2D eigenvalue weighted by Crippen LogP contribution is 2.15. The van der Waals surface area contributed by atoms with Gasteiger partial charge in [-0.25, -0.2) is 9.97 Å². The number of anilines is 2. The van der Waals surface area contributed by atoms with Crippen LogP contribution in [0, 0.1) is 18.3 Å². The van der Waals surface area contributed by atoms with Gasteiger partial charge in [-0.2, -0.15) is 5.26 Å². The highest BCUT2D eigenvalue weighted by molar-refractivity contribution is 5.54. The number of benzene rings is 1. The van der Waals surface area contributed by atoms with Crippen LogP contribution in [0.15, 0.2) is 30.3 Å². The molecular weight excluding hydrogens is 224 g/mol. The van der Waals surface area contributed by atoms with Gasteiger partial charge in [0.2, 0.25) is 5.95 Å². The van der Waals surface area contributed by atoms with E-state index in [0.717, 1.165) is 17.8 Å². The molecule has 1 N–H and O–H groups in total. The van der Waals surface area contributed by atoms with Crippen molar-refractivity contribution in [3.63, 3.8) is 0 Å². The first-order valence-corrected chi connectivity index (χ1v) is 5.83. The van der Waals surface area contributed by atoms with Gasteiger partial charge < -0.3 is 5.32 Å². The first-order valence-electron chi connectivity index (χ1n) is 5.83. The maximum Gasteiger partial charge on any atom is 0.228 e. The van der Waals surface area contributed by atoms with E-state index in [1.165, 1.54) is 5.56 Å². The molecule has 1 aromatic heterocycles. The molecule has 0 saturated carbocycles. The van der Waals surface area contributed by atoms with Crippen LogP contribution in [-0.4, -0.2) is 9.97 Å². The second-order valence-electron chi connectivity index (χ2n) is 4.01. The van der Waals surface area contributed by atoms with Gasteiger partial charge in [0.25, 0.3) is 0 Å². The molecule has 0 bridgehead atoms. The zero-order chi connectivity index (χ0) is 13.0. The molecule has 1 heterocycles. The number of nitrogens with one attached hydrogen (secondary N) is 1. The fourth-order valence-electron chi connectivity index (χ4n) is 1.63. The predicted molar refractivity (Wildman–Crippen MR) is 70.6 cm³/mol. The van der Waals surface area contributed by atoms with Crippen LogP contribution in [0.2, 0.25) is 0 Å². The maximum absolute atomic E-state index is 8.85. The van der Waals surface area contributed by atoms with Gasteiger partial charge in [0, 0.05) is 11.4 Å². The third kappa shape index (κ3) is 2.83. The summed E-state index contributed by atoms with van der Waals surface area (Å²) in [6.07, 6.45) is 1.01. The molecule has 90 valence electrons. The first-order chi connectivity index (χ1) is 8.71. The summed E-state index contributed by atoms with van der Waals surface area (Å²) in [6.45, 7) is 3.96. The normalized spacial score (nSPS) is 9.83. The molecule has 0 aliphatic heterocycles. The Balaban J connectivity index is 2.22. The monoisotopic (exact) mass is 238 g/mol. The first kappa shape index (κ1) is 12.1. The Bertz CT molecular complexity index is 582. The van der Waals surface area contributed by atoms with Crippen LogP contribution in [0.1, 0.15) is 23.9 Å². The van der Waals surface area contributed by atoms with Gasteiger partial charge in [0.05, 0.1) is 0 Å². The highest BCUT2D eigenvalue weighted by Gasteiger charge is 2.02. The van der Waals surface area contributed by atoms with Crippen molar-refractivity contribution in [3.05, 3.63) is 47.3 Å². The zero-order valence-electron chi connectivity index (χ0n) is 10.4. The summed E-state index contributed by atoms with van der Waals surface area (Å²) >= 11 is 0. The molecule has 0 spiro atoms. The minimum atomic E-state index is 0.371. The van der Waals surface area contributed by atoms with Crippen molar-refractivity contribution in [2.45, 2.75) is 20.3 Å². The van der Waals surface area contributed by atoms with Crippen molar-refractivity contribution >= 4 is 11.6 Å². The Morgan fingerprint density at radius 1 is 1.22 bits per heavy atom. The van der Waals surface area contributed by atoms with Gasteiger partial charge in [-0.15, -0.1) is 0 Å². The largest absolute Gasteiger partial charge is 0.324 e. The molecule has 0 atom stereocenters. The van der Waals surface area contributed by atoms with Crippen molar-refractivity contribution in [1.29, 1.82) is 5.26 Å². The van der Waals surface area contributed by atoms with E-state index in [-0.39, 0.29) is 0 Å². The number of aromatic nitrogens is 2. The molecule has 4 heteroatoms. The molecule has 2 aromatic rings. The Labute approximate surface area is 106 Å². The third-order valence-electron chi connectivity index (χ3n) is 2.59. The molecule has 0 amide bonds. The molecule has 1 aromatic carbocycles. The van der Waals surface area contributed by atoms with Gasteiger partial charge in [-0.3, -0.25) is 0 Å². The number of hydrogen-bond donors (Lipinski definition) is 1. The van der Waals surface area contributed by atoms with E-state index < -0.39 is 0 Å².